The fourth-order valence-electron chi connectivity index (χ4n) is 2.78. The van der Waals surface area contributed by atoms with Gasteiger partial charge in [-0.15, -0.1) is 0 Å². The number of rotatable bonds is 4. The third-order valence-electron chi connectivity index (χ3n) is 4.27. The maximum absolute atomic E-state index is 4.82. The lowest BCUT2D eigenvalue weighted by Crippen LogP contribution is -2.25. The van der Waals surface area contributed by atoms with E-state index < -0.39 is 0 Å². The molecule has 0 bridgehead atoms. The van der Waals surface area contributed by atoms with E-state index in [1.54, 1.807) is 0 Å². The van der Waals surface area contributed by atoms with Crippen molar-refractivity contribution in [1.29, 1.82) is 0 Å². The standard InChI is InChI=1S/C16H25N3/c1-13-14(12-17-15-7-8-15)6-9-16(18-13)19-10-4-2-3-5-11-19/h6,9,15,17H,2-5,7-8,10-12H2,1H3. The van der Waals surface area contributed by atoms with Crippen molar-refractivity contribution in [2.45, 2.75) is 58.0 Å². The summed E-state index contributed by atoms with van der Waals surface area (Å²) in [5.41, 5.74) is 2.54. The van der Waals surface area contributed by atoms with Crippen LogP contribution in [0.3, 0.4) is 0 Å². The minimum atomic E-state index is 0.768. The van der Waals surface area contributed by atoms with E-state index in [0.29, 0.717) is 0 Å². The minimum absolute atomic E-state index is 0.768. The normalized spacial score (nSPS) is 20.4. The van der Waals surface area contributed by atoms with E-state index in [2.05, 4.69) is 29.3 Å². The van der Waals surface area contributed by atoms with Crippen LogP contribution in [0.15, 0.2) is 12.1 Å². The maximum atomic E-state index is 4.82. The lowest BCUT2D eigenvalue weighted by molar-refractivity contribution is 0.681. The second-order valence-electron chi connectivity index (χ2n) is 5.97. The summed E-state index contributed by atoms with van der Waals surface area (Å²) in [7, 11) is 0. The number of pyridine rings is 1. The van der Waals surface area contributed by atoms with E-state index in [9.17, 15) is 0 Å². The van der Waals surface area contributed by atoms with Gasteiger partial charge in [0, 0.05) is 31.4 Å². The fraction of sp³-hybridized carbons (Fsp3) is 0.688. The quantitative estimate of drug-likeness (QED) is 0.901. The topological polar surface area (TPSA) is 28.2 Å². The monoisotopic (exact) mass is 259 g/mol. The van der Waals surface area contributed by atoms with Gasteiger partial charge in [0.25, 0.3) is 0 Å². The molecule has 104 valence electrons. The van der Waals surface area contributed by atoms with Crippen molar-refractivity contribution in [2.75, 3.05) is 18.0 Å². The van der Waals surface area contributed by atoms with E-state index in [4.69, 9.17) is 4.98 Å². The SMILES string of the molecule is Cc1nc(N2CCCCCC2)ccc1CNC1CC1. The third kappa shape index (κ3) is 3.47. The van der Waals surface area contributed by atoms with E-state index in [0.717, 1.165) is 12.6 Å². The highest BCUT2D eigenvalue weighted by molar-refractivity contribution is 5.41. The number of nitrogens with zero attached hydrogens (tertiary/aromatic N) is 2. The van der Waals surface area contributed by atoms with Crippen LogP contribution in [0.2, 0.25) is 0 Å². The van der Waals surface area contributed by atoms with E-state index in [1.165, 1.54) is 68.7 Å². The Hall–Kier alpha value is -1.09. The van der Waals surface area contributed by atoms with Crippen molar-refractivity contribution >= 4 is 5.82 Å². The van der Waals surface area contributed by atoms with Gasteiger partial charge in [0.05, 0.1) is 0 Å². The first kappa shape index (κ1) is 12.9. The van der Waals surface area contributed by atoms with Crippen LogP contribution in [0.25, 0.3) is 0 Å². The first-order valence-electron chi connectivity index (χ1n) is 7.78. The zero-order chi connectivity index (χ0) is 13.1. The molecular formula is C16H25N3. The Morgan fingerprint density at radius 1 is 1.16 bits per heavy atom. The van der Waals surface area contributed by atoms with Gasteiger partial charge >= 0.3 is 0 Å². The summed E-state index contributed by atoms with van der Waals surface area (Å²) in [6.45, 7) is 5.47. The Labute approximate surface area is 116 Å². The van der Waals surface area contributed by atoms with Gasteiger partial charge in [-0.1, -0.05) is 18.9 Å². The lowest BCUT2D eigenvalue weighted by atomic mass is 10.2. The number of anilines is 1. The molecule has 2 fully saturated rings. The van der Waals surface area contributed by atoms with Crippen LogP contribution >= 0.6 is 0 Å². The molecule has 1 aromatic heterocycles. The summed E-state index contributed by atoms with van der Waals surface area (Å²) in [4.78, 5) is 7.28. The largest absolute Gasteiger partial charge is 0.357 e. The smallest absolute Gasteiger partial charge is 0.128 e. The van der Waals surface area contributed by atoms with Crippen LogP contribution in [-0.2, 0) is 6.54 Å². The van der Waals surface area contributed by atoms with Crippen molar-refractivity contribution in [1.82, 2.24) is 10.3 Å². The van der Waals surface area contributed by atoms with Crippen molar-refractivity contribution < 1.29 is 0 Å². The molecule has 1 N–H and O–H groups in total. The van der Waals surface area contributed by atoms with Gasteiger partial charge in [-0.05, 0) is 44.2 Å². The van der Waals surface area contributed by atoms with E-state index in [-0.39, 0.29) is 0 Å². The van der Waals surface area contributed by atoms with Gasteiger partial charge < -0.3 is 10.2 Å². The number of hydrogen-bond donors (Lipinski definition) is 1. The molecule has 0 spiro atoms. The zero-order valence-corrected chi connectivity index (χ0v) is 12.0. The summed E-state index contributed by atoms with van der Waals surface area (Å²) in [6, 6.07) is 5.24. The zero-order valence-electron chi connectivity index (χ0n) is 12.0. The van der Waals surface area contributed by atoms with Crippen molar-refractivity contribution in [3.05, 3.63) is 23.4 Å². The first-order chi connectivity index (χ1) is 9.33. The van der Waals surface area contributed by atoms with Crippen LogP contribution < -0.4 is 10.2 Å². The summed E-state index contributed by atoms with van der Waals surface area (Å²) in [6.07, 6.45) is 8.06. The highest BCUT2D eigenvalue weighted by atomic mass is 15.2. The average molecular weight is 259 g/mol. The fourth-order valence-corrected chi connectivity index (χ4v) is 2.78. The summed E-state index contributed by atoms with van der Waals surface area (Å²) < 4.78 is 0. The highest BCUT2D eigenvalue weighted by Crippen LogP contribution is 2.22. The molecule has 1 saturated carbocycles. The van der Waals surface area contributed by atoms with E-state index >= 15 is 0 Å². The molecule has 0 amide bonds. The van der Waals surface area contributed by atoms with Gasteiger partial charge in [-0.25, -0.2) is 4.98 Å². The molecule has 2 aliphatic rings. The van der Waals surface area contributed by atoms with Gasteiger partial charge in [0.15, 0.2) is 0 Å². The molecule has 19 heavy (non-hydrogen) atoms. The Morgan fingerprint density at radius 3 is 2.53 bits per heavy atom. The number of aryl methyl sites for hydroxylation is 1. The van der Waals surface area contributed by atoms with Crippen molar-refractivity contribution in [3.8, 4) is 0 Å². The van der Waals surface area contributed by atoms with Gasteiger partial charge in [0.2, 0.25) is 0 Å². The molecular weight excluding hydrogens is 234 g/mol. The van der Waals surface area contributed by atoms with Gasteiger partial charge in [-0.3, -0.25) is 0 Å². The van der Waals surface area contributed by atoms with Gasteiger partial charge in [-0.2, -0.15) is 0 Å². The van der Waals surface area contributed by atoms with Crippen LogP contribution in [0.5, 0.6) is 0 Å². The highest BCUT2D eigenvalue weighted by Gasteiger charge is 2.20. The molecule has 1 saturated heterocycles. The molecule has 3 heteroatoms. The lowest BCUT2D eigenvalue weighted by Gasteiger charge is -2.22. The van der Waals surface area contributed by atoms with E-state index in [1.807, 2.05) is 0 Å². The molecule has 1 aromatic rings. The third-order valence-corrected chi connectivity index (χ3v) is 4.27. The summed E-state index contributed by atoms with van der Waals surface area (Å²) in [5.74, 6) is 1.18. The average Bonchev–Trinajstić information content (AvgIpc) is 3.24. The molecule has 3 nitrogen and oxygen atoms in total. The predicted octanol–water partition coefficient (Wildman–Crippen LogP) is 3.02. The van der Waals surface area contributed by atoms with Gasteiger partial charge in [0.1, 0.15) is 5.82 Å². The van der Waals surface area contributed by atoms with Crippen LogP contribution in [0.1, 0.15) is 49.8 Å². The maximum Gasteiger partial charge on any atom is 0.128 e. The summed E-state index contributed by atoms with van der Waals surface area (Å²) >= 11 is 0. The molecule has 0 atom stereocenters. The second-order valence-corrected chi connectivity index (χ2v) is 5.97. The number of hydrogen-bond acceptors (Lipinski definition) is 3. The van der Waals surface area contributed by atoms with Crippen molar-refractivity contribution in [3.63, 3.8) is 0 Å². The second kappa shape index (κ2) is 5.91. The first-order valence-corrected chi connectivity index (χ1v) is 7.78. The molecule has 0 aromatic carbocycles. The molecule has 3 rings (SSSR count). The number of nitrogens with one attached hydrogen (secondary N) is 1. The molecule has 0 unspecified atom stereocenters. The molecule has 2 heterocycles. The van der Waals surface area contributed by atoms with Crippen molar-refractivity contribution in [2.24, 2.45) is 0 Å². The predicted molar refractivity (Wildman–Crippen MR) is 79.5 cm³/mol. The Kier molecular flexibility index (Phi) is 4.02. The Morgan fingerprint density at radius 2 is 1.89 bits per heavy atom. The number of aromatic nitrogens is 1. The van der Waals surface area contributed by atoms with Crippen LogP contribution in [0, 0.1) is 6.92 Å². The Bertz CT molecular complexity index is 418. The Balaban J connectivity index is 1.66. The molecule has 0 radical (unpaired) electrons. The minimum Gasteiger partial charge on any atom is -0.357 e. The van der Waals surface area contributed by atoms with Crippen LogP contribution in [-0.4, -0.2) is 24.1 Å². The molecule has 1 aliphatic carbocycles. The van der Waals surface area contributed by atoms with Crippen LogP contribution in [0.4, 0.5) is 5.82 Å². The summed E-state index contributed by atoms with van der Waals surface area (Å²) in [5, 5.41) is 3.57. The molecule has 1 aliphatic heterocycles.